The minimum absolute atomic E-state index is 0.0926. The third-order valence-electron chi connectivity index (χ3n) is 2.48. The molecule has 5 heteroatoms. The maximum Gasteiger partial charge on any atom is 0.122 e. The van der Waals surface area contributed by atoms with Crippen molar-refractivity contribution in [3.63, 3.8) is 0 Å². The van der Waals surface area contributed by atoms with Gasteiger partial charge in [-0.2, -0.15) is 0 Å². The summed E-state index contributed by atoms with van der Waals surface area (Å²) in [6.07, 6.45) is 3.90. The summed E-state index contributed by atoms with van der Waals surface area (Å²) in [5.74, 6) is 1.05. The summed E-state index contributed by atoms with van der Waals surface area (Å²) in [7, 11) is 3.37. The Morgan fingerprint density at radius 3 is 2.94 bits per heavy atom. The molecule has 1 N–H and O–H groups in total. The molecule has 0 spiro atoms. The van der Waals surface area contributed by atoms with Crippen LogP contribution in [0.2, 0.25) is 0 Å². The fourth-order valence-electron chi connectivity index (χ4n) is 1.54. The molecular weight excluding hydrogens is 206 g/mol. The average molecular weight is 227 g/mol. The third-order valence-corrected chi connectivity index (χ3v) is 2.48. The van der Waals surface area contributed by atoms with E-state index >= 15 is 0 Å². The standard InChI is InChI=1S/C11H21N3O2/c1-4-14-6-5-13-11(14)8-12-7-10(16-3)9-15-2/h5-6,10,12H,4,7-9H2,1-3H3. The predicted molar refractivity (Wildman–Crippen MR) is 62.3 cm³/mol. The van der Waals surface area contributed by atoms with Crippen molar-refractivity contribution in [2.75, 3.05) is 27.4 Å². The van der Waals surface area contributed by atoms with Crippen LogP contribution in [0.1, 0.15) is 12.7 Å². The van der Waals surface area contributed by atoms with E-state index in [0.29, 0.717) is 6.61 Å². The van der Waals surface area contributed by atoms with Gasteiger partial charge in [-0.3, -0.25) is 0 Å². The smallest absolute Gasteiger partial charge is 0.122 e. The van der Waals surface area contributed by atoms with E-state index in [1.807, 2.05) is 12.4 Å². The van der Waals surface area contributed by atoms with Crippen molar-refractivity contribution in [2.45, 2.75) is 26.1 Å². The van der Waals surface area contributed by atoms with Crippen molar-refractivity contribution in [1.29, 1.82) is 0 Å². The number of nitrogens with zero attached hydrogens (tertiary/aromatic N) is 2. The van der Waals surface area contributed by atoms with Crippen LogP contribution < -0.4 is 5.32 Å². The molecule has 1 aromatic rings. The van der Waals surface area contributed by atoms with Gasteiger partial charge in [0.25, 0.3) is 0 Å². The molecule has 1 rings (SSSR count). The van der Waals surface area contributed by atoms with Crippen molar-refractivity contribution in [3.8, 4) is 0 Å². The van der Waals surface area contributed by atoms with Gasteiger partial charge in [-0.25, -0.2) is 4.98 Å². The van der Waals surface area contributed by atoms with E-state index in [2.05, 4.69) is 21.8 Å². The summed E-state index contributed by atoms with van der Waals surface area (Å²) >= 11 is 0. The van der Waals surface area contributed by atoms with Crippen LogP contribution in [0, 0.1) is 0 Å². The highest BCUT2D eigenvalue weighted by molar-refractivity contribution is 4.91. The Balaban J connectivity index is 2.29. The molecule has 0 aliphatic carbocycles. The lowest BCUT2D eigenvalue weighted by Crippen LogP contribution is -2.32. The fourth-order valence-corrected chi connectivity index (χ4v) is 1.54. The minimum atomic E-state index is 0.0926. The number of nitrogens with one attached hydrogen (secondary N) is 1. The van der Waals surface area contributed by atoms with E-state index in [-0.39, 0.29) is 6.10 Å². The van der Waals surface area contributed by atoms with E-state index in [0.717, 1.165) is 25.5 Å². The Kier molecular flexibility index (Phi) is 6.07. The first-order valence-corrected chi connectivity index (χ1v) is 5.54. The second-order valence-electron chi connectivity index (χ2n) is 3.57. The molecular formula is C11H21N3O2. The third kappa shape index (κ3) is 3.92. The fraction of sp³-hybridized carbons (Fsp3) is 0.727. The van der Waals surface area contributed by atoms with Crippen molar-refractivity contribution >= 4 is 0 Å². The summed E-state index contributed by atoms with van der Waals surface area (Å²) in [6, 6.07) is 0. The summed E-state index contributed by atoms with van der Waals surface area (Å²) in [6.45, 7) is 5.17. The number of aromatic nitrogens is 2. The molecule has 0 fully saturated rings. The number of hydrogen-bond donors (Lipinski definition) is 1. The van der Waals surface area contributed by atoms with E-state index in [1.165, 1.54) is 0 Å². The Hall–Kier alpha value is -0.910. The van der Waals surface area contributed by atoms with Crippen LogP contribution >= 0.6 is 0 Å². The number of imidazole rings is 1. The second-order valence-corrected chi connectivity index (χ2v) is 3.57. The van der Waals surface area contributed by atoms with E-state index in [4.69, 9.17) is 9.47 Å². The lowest BCUT2D eigenvalue weighted by molar-refractivity contribution is 0.0286. The van der Waals surface area contributed by atoms with Gasteiger partial charge in [-0.15, -0.1) is 0 Å². The molecule has 0 aliphatic rings. The van der Waals surface area contributed by atoms with Gasteiger partial charge in [-0.1, -0.05) is 0 Å². The largest absolute Gasteiger partial charge is 0.382 e. The first-order chi connectivity index (χ1) is 7.81. The first kappa shape index (κ1) is 13.2. The zero-order valence-electron chi connectivity index (χ0n) is 10.3. The average Bonchev–Trinajstić information content (AvgIpc) is 2.75. The molecule has 0 bridgehead atoms. The molecule has 16 heavy (non-hydrogen) atoms. The summed E-state index contributed by atoms with van der Waals surface area (Å²) in [5, 5.41) is 3.31. The number of rotatable bonds is 8. The Bertz CT molecular complexity index is 289. The van der Waals surface area contributed by atoms with Crippen LogP contribution in [0.5, 0.6) is 0 Å². The molecule has 0 amide bonds. The molecule has 0 aromatic carbocycles. The SMILES string of the molecule is CCn1ccnc1CNCC(COC)OC. The molecule has 0 aliphatic heterocycles. The number of aryl methyl sites for hydroxylation is 1. The number of methoxy groups -OCH3 is 2. The van der Waals surface area contributed by atoms with Crippen LogP contribution in [0.4, 0.5) is 0 Å². The topological polar surface area (TPSA) is 48.3 Å². The van der Waals surface area contributed by atoms with Crippen molar-refractivity contribution < 1.29 is 9.47 Å². The molecule has 92 valence electrons. The lowest BCUT2D eigenvalue weighted by Gasteiger charge is -2.15. The van der Waals surface area contributed by atoms with Gasteiger partial charge in [0.1, 0.15) is 5.82 Å². The second kappa shape index (κ2) is 7.38. The molecule has 5 nitrogen and oxygen atoms in total. The van der Waals surface area contributed by atoms with E-state index < -0.39 is 0 Å². The lowest BCUT2D eigenvalue weighted by atomic mass is 10.3. The van der Waals surface area contributed by atoms with Gasteiger partial charge >= 0.3 is 0 Å². The highest BCUT2D eigenvalue weighted by Gasteiger charge is 2.07. The number of hydrogen-bond acceptors (Lipinski definition) is 4. The Morgan fingerprint density at radius 1 is 1.50 bits per heavy atom. The van der Waals surface area contributed by atoms with Gasteiger partial charge in [0.05, 0.1) is 19.3 Å². The zero-order valence-corrected chi connectivity index (χ0v) is 10.3. The van der Waals surface area contributed by atoms with Crippen molar-refractivity contribution in [3.05, 3.63) is 18.2 Å². The van der Waals surface area contributed by atoms with Crippen LogP contribution in [0.15, 0.2) is 12.4 Å². The molecule has 1 unspecified atom stereocenters. The predicted octanol–water partition coefficient (Wildman–Crippen LogP) is 0.654. The first-order valence-electron chi connectivity index (χ1n) is 5.54. The highest BCUT2D eigenvalue weighted by atomic mass is 16.5. The maximum atomic E-state index is 5.25. The van der Waals surface area contributed by atoms with Crippen LogP contribution in [-0.4, -0.2) is 43.0 Å². The molecule has 0 saturated heterocycles. The zero-order chi connectivity index (χ0) is 11.8. The highest BCUT2D eigenvalue weighted by Crippen LogP contribution is 1.97. The van der Waals surface area contributed by atoms with Crippen LogP contribution in [-0.2, 0) is 22.6 Å². The summed E-state index contributed by atoms with van der Waals surface area (Å²) in [4.78, 5) is 4.28. The summed E-state index contributed by atoms with van der Waals surface area (Å²) in [5.41, 5.74) is 0. The van der Waals surface area contributed by atoms with Gasteiger partial charge < -0.3 is 19.4 Å². The van der Waals surface area contributed by atoms with Crippen molar-refractivity contribution in [1.82, 2.24) is 14.9 Å². The normalized spacial score (nSPS) is 12.9. The summed E-state index contributed by atoms with van der Waals surface area (Å²) < 4.78 is 12.4. The molecule has 1 aromatic heterocycles. The van der Waals surface area contributed by atoms with Gasteiger partial charge in [0.15, 0.2) is 0 Å². The number of ether oxygens (including phenoxy) is 2. The molecule has 1 atom stereocenters. The molecule has 0 radical (unpaired) electrons. The van der Waals surface area contributed by atoms with Crippen LogP contribution in [0.25, 0.3) is 0 Å². The minimum Gasteiger partial charge on any atom is -0.382 e. The maximum absolute atomic E-state index is 5.25. The van der Waals surface area contributed by atoms with Gasteiger partial charge in [0, 0.05) is 39.7 Å². The quantitative estimate of drug-likeness (QED) is 0.708. The van der Waals surface area contributed by atoms with E-state index in [1.54, 1.807) is 14.2 Å². The molecule has 1 heterocycles. The van der Waals surface area contributed by atoms with E-state index in [9.17, 15) is 0 Å². The Morgan fingerprint density at radius 2 is 2.31 bits per heavy atom. The van der Waals surface area contributed by atoms with Gasteiger partial charge in [-0.05, 0) is 6.92 Å². The monoisotopic (exact) mass is 227 g/mol. The Labute approximate surface area is 96.8 Å². The van der Waals surface area contributed by atoms with Crippen molar-refractivity contribution in [2.24, 2.45) is 0 Å². The van der Waals surface area contributed by atoms with Crippen LogP contribution in [0.3, 0.4) is 0 Å². The molecule has 0 saturated carbocycles. The van der Waals surface area contributed by atoms with Gasteiger partial charge in [0.2, 0.25) is 0 Å².